The summed E-state index contributed by atoms with van der Waals surface area (Å²) in [5.41, 5.74) is 15.4. The van der Waals surface area contributed by atoms with Crippen molar-refractivity contribution in [3.8, 4) is 11.5 Å². The van der Waals surface area contributed by atoms with Gasteiger partial charge < -0.3 is 31.6 Å². The zero-order valence-electron chi connectivity index (χ0n) is 14.5. The summed E-state index contributed by atoms with van der Waals surface area (Å²) in [5.74, 6) is 0.593. The molecule has 4 rings (SSSR count). The molecule has 0 aliphatic rings. The highest BCUT2D eigenvalue weighted by Gasteiger charge is 2.03. The lowest BCUT2D eigenvalue weighted by Crippen LogP contribution is -2.01. The highest BCUT2D eigenvalue weighted by atomic mass is 16.3. The average molecular weight is 352 g/mol. The van der Waals surface area contributed by atoms with Crippen LogP contribution in [-0.4, -0.2) is 33.3 Å². The third-order valence-corrected chi connectivity index (χ3v) is 4.33. The van der Waals surface area contributed by atoms with Gasteiger partial charge >= 0.3 is 0 Å². The molecule has 0 radical (unpaired) electrons. The van der Waals surface area contributed by atoms with E-state index in [1.165, 1.54) is 0 Å². The molecule has 2 aromatic carbocycles. The fraction of sp³-hybridized carbons (Fsp3) is 0.200. The lowest BCUT2D eigenvalue weighted by Gasteiger charge is -1.96. The van der Waals surface area contributed by atoms with Gasteiger partial charge in [0.25, 0.3) is 0 Å². The van der Waals surface area contributed by atoms with Gasteiger partial charge in [-0.3, -0.25) is 0 Å². The fourth-order valence-corrected chi connectivity index (χ4v) is 3.06. The van der Waals surface area contributed by atoms with Crippen LogP contribution in [0.3, 0.4) is 0 Å². The van der Waals surface area contributed by atoms with E-state index in [9.17, 15) is 10.2 Å². The van der Waals surface area contributed by atoms with Crippen LogP contribution in [0, 0.1) is 0 Å². The molecule has 0 aliphatic carbocycles. The van der Waals surface area contributed by atoms with Crippen molar-refractivity contribution in [2.75, 3.05) is 13.1 Å². The molecule has 8 N–H and O–H groups in total. The van der Waals surface area contributed by atoms with Crippen LogP contribution < -0.4 is 11.5 Å². The van der Waals surface area contributed by atoms with Gasteiger partial charge in [-0.1, -0.05) is 0 Å². The summed E-state index contributed by atoms with van der Waals surface area (Å²) < 4.78 is 0. The number of phenolic OH excluding ortho intramolecular Hbond substituents is 2. The van der Waals surface area contributed by atoms with E-state index in [4.69, 9.17) is 11.5 Å². The summed E-state index contributed by atoms with van der Waals surface area (Å²) in [7, 11) is 0. The molecule has 4 aromatic rings. The van der Waals surface area contributed by atoms with Crippen molar-refractivity contribution in [1.82, 2.24) is 9.97 Å². The first-order valence-corrected chi connectivity index (χ1v) is 8.60. The Balaban J connectivity index is 0.000000151. The largest absolute Gasteiger partial charge is 0.508 e. The van der Waals surface area contributed by atoms with Crippen LogP contribution >= 0.6 is 0 Å². The van der Waals surface area contributed by atoms with Gasteiger partial charge in [0, 0.05) is 34.2 Å². The molecule has 2 heterocycles. The summed E-state index contributed by atoms with van der Waals surface area (Å²) in [6.07, 6.45) is 5.56. The molecule has 0 saturated heterocycles. The molecule has 0 atom stereocenters. The average Bonchev–Trinajstić information content (AvgIpc) is 3.21. The van der Waals surface area contributed by atoms with Crippen molar-refractivity contribution in [3.05, 3.63) is 59.9 Å². The Morgan fingerprint density at radius 1 is 0.692 bits per heavy atom. The monoisotopic (exact) mass is 352 g/mol. The smallest absolute Gasteiger partial charge is 0.116 e. The summed E-state index contributed by atoms with van der Waals surface area (Å²) in [6, 6.07) is 10.6. The summed E-state index contributed by atoms with van der Waals surface area (Å²) in [4.78, 5) is 6.27. The maximum absolute atomic E-state index is 9.30. The Morgan fingerprint density at radius 3 is 1.50 bits per heavy atom. The van der Waals surface area contributed by atoms with Crippen molar-refractivity contribution in [1.29, 1.82) is 0 Å². The van der Waals surface area contributed by atoms with Crippen LogP contribution in [0.4, 0.5) is 0 Å². The van der Waals surface area contributed by atoms with Gasteiger partial charge in [-0.05, 0) is 73.5 Å². The molecule has 0 spiro atoms. The van der Waals surface area contributed by atoms with Crippen LogP contribution in [0.25, 0.3) is 21.8 Å². The standard InChI is InChI=1S/2C10H12N2O/c2*11-4-3-7-6-12-10-2-1-8(13)5-9(7)10/h2*1-2,5-6,12-13H,3-4,11H2. The van der Waals surface area contributed by atoms with E-state index in [0.717, 1.165) is 45.8 Å². The number of rotatable bonds is 4. The molecule has 136 valence electrons. The van der Waals surface area contributed by atoms with Crippen LogP contribution in [0.2, 0.25) is 0 Å². The summed E-state index contributed by atoms with van der Waals surface area (Å²) in [6.45, 7) is 1.26. The van der Waals surface area contributed by atoms with Crippen molar-refractivity contribution < 1.29 is 10.2 Å². The Labute approximate surface area is 151 Å². The number of nitrogens with two attached hydrogens (primary N) is 2. The second-order valence-electron chi connectivity index (χ2n) is 6.16. The van der Waals surface area contributed by atoms with E-state index >= 15 is 0 Å². The van der Waals surface area contributed by atoms with Gasteiger partial charge in [0.15, 0.2) is 0 Å². The maximum atomic E-state index is 9.30. The molecule has 2 aromatic heterocycles. The van der Waals surface area contributed by atoms with E-state index in [1.54, 1.807) is 24.3 Å². The molecule has 0 bridgehead atoms. The van der Waals surface area contributed by atoms with Crippen LogP contribution in [0.15, 0.2) is 48.8 Å². The molecule has 26 heavy (non-hydrogen) atoms. The zero-order chi connectivity index (χ0) is 18.5. The number of H-pyrrole nitrogens is 2. The first kappa shape index (κ1) is 17.8. The number of benzene rings is 2. The molecule has 6 nitrogen and oxygen atoms in total. The number of phenols is 2. The Hall–Kier alpha value is -2.96. The first-order valence-electron chi connectivity index (χ1n) is 8.60. The molecule has 0 aliphatic heterocycles. The van der Waals surface area contributed by atoms with E-state index in [2.05, 4.69) is 9.97 Å². The fourth-order valence-electron chi connectivity index (χ4n) is 3.06. The second kappa shape index (κ2) is 7.95. The maximum Gasteiger partial charge on any atom is 0.116 e. The minimum atomic E-state index is 0.297. The lowest BCUT2D eigenvalue weighted by molar-refractivity contribution is 0.475. The SMILES string of the molecule is NCCc1c[nH]c2ccc(O)cc12.NCCc1c[nH]c2ccc(O)cc12. The van der Waals surface area contributed by atoms with Gasteiger partial charge in [0.05, 0.1) is 0 Å². The molecule has 0 saturated carbocycles. The molecule has 0 unspecified atom stereocenters. The number of aromatic hydroxyl groups is 2. The Bertz CT molecular complexity index is 922. The molecule has 0 fully saturated rings. The van der Waals surface area contributed by atoms with Gasteiger partial charge in [0.2, 0.25) is 0 Å². The minimum Gasteiger partial charge on any atom is -0.508 e. The Kier molecular flexibility index (Phi) is 5.46. The summed E-state index contributed by atoms with van der Waals surface area (Å²) >= 11 is 0. The van der Waals surface area contributed by atoms with Crippen molar-refractivity contribution >= 4 is 21.8 Å². The van der Waals surface area contributed by atoms with Crippen LogP contribution in [-0.2, 0) is 12.8 Å². The second-order valence-corrected chi connectivity index (χ2v) is 6.16. The predicted molar refractivity (Wildman–Crippen MR) is 105 cm³/mol. The zero-order valence-corrected chi connectivity index (χ0v) is 14.5. The highest BCUT2D eigenvalue weighted by Crippen LogP contribution is 2.23. The van der Waals surface area contributed by atoms with E-state index in [-0.39, 0.29) is 0 Å². The Morgan fingerprint density at radius 2 is 1.12 bits per heavy atom. The minimum absolute atomic E-state index is 0.297. The van der Waals surface area contributed by atoms with Crippen LogP contribution in [0.1, 0.15) is 11.1 Å². The number of hydrogen-bond donors (Lipinski definition) is 6. The van der Waals surface area contributed by atoms with Crippen molar-refractivity contribution in [2.45, 2.75) is 12.8 Å². The van der Waals surface area contributed by atoms with Crippen molar-refractivity contribution in [2.24, 2.45) is 11.5 Å². The normalized spacial score (nSPS) is 10.8. The van der Waals surface area contributed by atoms with E-state index in [1.807, 2.05) is 24.5 Å². The van der Waals surface area contributed by atoms with Crippen LogP contribution in [0.5, 0.6) is 11.5 Å². The molecular formula is C20H24N4O2. The van der Waals surface area contributed by atoms with E-state index in [0.29, 0.717) is 24.6 Å². The topological polar surface area (TPSA) is 124 Å². The first-order chi connectivity index (χ1) is 12.6. The summed E-state index contributed by atoms with van der Waals surface area (Å²) in [5, 5.41) is 20.7. The van der Waals surface area contributed by atoms with Gasteiger partial charge in [-0.15, -0.1) is 0 Å². The molecular weight excluding hydrogens is 328 g/mol. The van der Waals surface area contributed by atoms with Gasteiger partial charge in [-0.2, -0.15) is 0 Å². The third-order valence-electron chi connectivity index (χ3n) is 4.33. The molecule has 6 heteroatoms. The molecule has 0 amide bonds. The number of aromatic amines is 2. The number of hydrogen-bond acceptors (Lipinski definition) is 4. The van der Waals surface area contributed by atoms with Crippen molar-refractivity contribution in [3.63, 3.8) is 0 Å². The number of fused-ring (bicyclic) bond motifs is 2. The highest BCUT2D eigenvalue weighted by molar-refractivity contribution is 5.85. The lowest BCUT2D eigenvalue weighted by atomic mass is 10.1. The number of aromatic nitrogens is 2. The third kappa shape index (κ3) is 3.82. The number of nitrogens with one attached hydrogen (secondary N) is 2. The quantitative estimate of drug-likeness (QED) is 0.338. The van der Waals surface area contributed by atoms with E-state index < -0.39 is 0 Å². The van der Waals surface area contributed by atoms with Gasteiger partial charge in [0.1, 0.15) is 11.5 Å². The van der Waals surface area contributed by atoms with Gasteiger partial charge in [-0.25, -0.2) is 0 Å². The predicted octanol–water partition coefficient (Wildman–Crippen LogP) is 2.75.